The first-order valence-corrected chi connectivity index (χ1v) is 29.0. The standard InChI is InChI=1S/C19H32.2C15H24.C12H18.3C11H16/c1-13-15(18(5,6)7)11-14(17(2,3)4)12-16(13)19(8,9)10;1-11-8-12(14(2,3)4)10-13(9-11)15(5,6)7;1-11-12(14(2,3)4)9-8-10-13(11)15(5,6)7;1-9-7-6-8-11(10(9)2)12(3,4)5;1-9-5-7-10(8-6-9)11(2,3)4;1-9-6-5-7-10(8-9)11(2,3)4;1-9-7-5-6-8-10(9)11(2,3)4/h11-12H,1-10H3;2*8-10H,1-7H3;6-8H,1-5H3;3*5-8H,1-4H3/i2D3,3D3,4D3,5D3,6D3,7D3,8D3,9D3,10D3,11D,12D;2D3,3D3,4D3,5D3,6D3,7D3,8D,9D,10D;8D,9D,10D;1D3,3D3,4D3,5D3,6D,7D,8D;3*5D,6D,7D,8D. The highest BCUT2D eigenvalue weighted by molar-refractivity contribution is 5.47. The minimum absolute atomic E-state index is 0.00185. The highest BCUT2D eigenvalue weighted by Gasteiger charge is 2.28. The maximum absolute atomic E-state index is 8.95. The van der Waals surface area contributed by atoms with Crippen molar-refractivity contribution in [3.8, 4) is 0 Å². The van der Waals surface area contributed by atoms with Gasteiger partial charge in [-0.2, -0.15) is 0 Å². The van der Waals surface area contributed by atoms with Gasteiger partial charge in [-0.05, 0) is 204 Å². The van der Waals surface area contributed by atoms with E-state index in [1.165, 1.54) is 0 Å². The molecule has 0 bridgehead atoms. The first kappa shape index (κ1) is 23.9. The Hall–Kier alpha value is -5.46. The molecule has 7 aromatic rings. The van der Waals surface area contributed by atoms with Crippen LogP contribution in [0.5, 0.6) is 0 Å². The maximum atomic E-state index is 8.95. The van der Waals surface area contributed by atoms with Gasteiger partial charge in [0.05, 0.1) is 31.5 Å². The maximum Gasteiger partial charge on any atom is 0.0629 e. The minimum Gasteiger partial charge on any atom is -0.0620 e. The summed E-state index contributed by atoms with van der Waals surface area (Å²) in [7, 11) is 0. The van der Waals surface area contributed by atoms with Gasteiger partial charge in [0.1, 0.15) is 0 Å². The quantitative estimate of drug-likeness (QED) is 0.142. The highest BCUT2D eigenvalue weighted by atomic mass is 14.3. The van der Waals surface area contributed by atoms with Crippen molar-refractivity contribution in [3.63, 3.8) is 0 Å². The van der Waals surface area contributed by atoms with Crippen molar-refractivity contribution in [2.75, 3.05) is 0 Å². The molecule has 0 nitrogen and oxygen atoms in total. The summed E-state index contributed by atoms with van der Waals surface area (Å²) in [6.07, 6.45) is 0. The van der Waals surface area contributed by atoms with Crippen LogP contribution in [0, 0.1) is 55.3 Å². The fourth-order valence-corrected chi connectivity index (χ4v) is 8.00. The molecule has 0 amide bonds. The van der Waals surface area contributed by atoms with Crippen molar-refractivity contribution in [2.45, 2.75) is 342 Å². The molecule has 0 N–H and O–H groups in total. The molecule has 0 aliphatic heterocycles. The normalized spacial score (nSPS) is 27.5. The van der Waals surface area contributed by atoms with Crippen LogP contribution in [0.25, 0.3) is 0 Å². The van der Waals surface area contributed by atoms with Gasteiger partial charge in [0.25, 0.3) is 0 Å². The molecule has 0 aliphatic rings. The van der Waals surface area contributed by atoms with Crippen molar-refractivity contribution in [2.24, 2.45) is 0 Å². The summed E-state index contributed by atoms with van der Waals surface area (Å²) in [4.78, 5) is 0. The lowest BCUT2D eigenvalue weighted by atomic mass is 9.73. The first-order chi connectivity index (χ1) is 75.3. The Morgan fingerprint density at radius 1 is 0.213 bits per heavy atom. The van der Waals surface area contributed by atoms with Crippen LogP contribution in [-0.2, 0) is 59.6 Å². The summed E-state index contributed by atoms with van der Waals surface area (Å²) in [5.74, 6) is 0. The molecule has 0 spiro atoms. The molecule has 7 rings (SSSR count). The molecule has 0 heteroatoms. The van der Waals surface area contributed by atoms with E-state index in [0.29, 0.717) is 40.3 Å². The zero-order valence-corrected chi connectivity index (χ0v) is 58.0. The third-order valence-corrected chi connectivity index (χ3v) is 12.8. The Labute approximate surface area is 697 Å². The second kappa shape index (κ2) is 33.2. The van der Waals surface area contributed by atoms with Gasteiger partial charge < -0.3 is 0 Å². The number of hydrogen-bond acceptors (Lipinski definition) is 0. The Morgan fingerprint density at radius 2 is 0.532 bits per heavy atom. The van der Waals surface area contributed by atoms with Crippen LogP contribution >= 0.6 is 0 Å². The van der Waals surface area contributed by atoms with E-state index in [4.69, 9.17) is 110 Å². The monoisotopic (exact) mass is 1360 g/mol. The van der Waals surface area contributed by atoms with Crippen molar-refractivity contribution in [1.82, 2.24) is 0 Å². The van der Waals surface area contributed by atoms with Gasteiger partial charge in [-0.1, -0.05) is 383 Å². The summed E-state index contributed by atoms with van der Waals surface area (Å²) < 4.78 is 637. The number of rotatable bonds is 0. The molecule has 0 atom stereocenters. The van der Waals surface area contributed by atoms with Crippen LogP contribution in [0.3, 0.4) is 0 Å². The molecule has 0 saturated heterocycles. The molecule has 0 aromatic heterocycles. The lowest BCUT2D eigenvalue weighted by Gasteiger charge is -2.32. The van der Waals surface area contributed by atoms with E-state index in [1.807, 2.05) is 69.2 Å². The zero-order chi connectivity index (χ0) is 141. The predicted octanol–water partition coefficient (Wildman–Crippen LogP) is 28.5. The third-order valence-electron chi connectivity index (χ3n) is 12.8. The van der Waals surface area contributed by atoms with Gasteiger partial charge in [-0.25, -0.2) is 0 Å². The molecular weight excluding hydrogens is 1130 g/mol. The van der Waals surface area contributed by atoms with Gasteiger partial charge in [-0.3, -0.25) is 0 Å². The van der Waals surface area contributed by atoms with Gasteiger partial charge >= 0.3 is 0 Å². The lowest BCUT2D eigenvalue weighted by molar-refractivity contribution is 0.542. The molecule has 0 radical (unpaired) electrons. The Morgan fingerprint density at radius 3 is 0.915 bits per heavy atom. The van der Waals surface area contributed by atoms with E-state index < -0.39 is 267 Å². The van der Waals surface area contributed by atoms with Gasteiger partial charge in [0.15, 0.2) is 0 Å². The Balaban J connectivity index is 0.00000106. The molecule has 522 valence electrons. The summed E-state index contributed by atoms with van der Waals surface area (Å²) in [6.45, 7) is -39.5. The molecule has 0 fully saturated rings. The minimum atomic E-state index is -4.63. The van der Waals surface area contributed by atoms with Gasteiger partial charge in [0.2, 0.25) is 0 Å². The van der Waals surface area contributed by atoms with Crippen LogP contribution < -0.4 is 0 Å². The molecule has 94 heavy (non-hydrogen) atoms. The van der Waals surface area contributed by atoms with Crippen molar-refractivity contribution in [1.29, 1.82) is 0 Å². The van der Waals surface area contributed by atoms with Crippen molar-refractivity contribution in [3.05, 3.63) is 245 Å². The number of benzene rings is 7. The third kappa shape index (κ3) is 29.1. The SMILES string of the molecule is [2H]c1c(C(C([2H])([2H])[2H])(C([2H])([2H])[2H])C([2H])([2H])[2H])c([2H])c(C(C([2H])([2H])[2H])(C([2H])([2H])[2H])C([2H])([2H])[2H])c(C)c1C(C([2H])([2H])[2H])(C([2H])([2H])[2H])C([2H])([2H])[2H].[2H]c1c(C)c([2H])c(C(C([2H])([2H])[2H])(C([2H])([2H])[2H])C([2H])([2H])[2H])c([2H])c1C(C([2H])([2H])[2H])(C([2H])([2H])[2H])C([2H])([2H])[2H].[2H]c1c([2H])c(C(C)(C)C)c(C)c(C(C)(C)C)c1[2H].[2H]c1c([2H])c(C(C)(C)C)c([2H])c([2H])c1C.[2H]c1c([2H])c(C([2H])([2H])[2H])c(C)c(C(C([2H])([2H])[2H])(C([2H])([2H])[2H])C([2H])([2H])[2H])c1[2H].[2H]c1c([2H])c(C)c([2H])c(C(C)(C)C)c1[2H].[2H]c1c([2H])c([2H])c(C(C)(C)C)c(C)c1[2H]. The smallest absolute Gasteiger partial charge is 0.0620 e. The van der Waals surface area contributed by atoms with Crippen LogP contribution in [0.1, 0.15) is 443 Å². The predicted molar refractivity (Wildman–Crippen MR) is 429 cm³/mol. The average Bonchev–Trinajstić information content (AvgIpc) is 0.655. The van der Waals surface area contributed by atoms with Crippen LogP contribution in [0.2, 0.25) is 0 Å². The fourth-order valence-electron chi connectivity index (χ4n) is 8.00. The second-order valence-corrected chi connectivity index (χ2v) is 27.5. The average molecular weight is 1360 g/mol. The van der Waals surface area contributed by atoms with E-state index in [0.717, 1.165) is 30.5 Å². The topological polar surface area (TPSA) is 0 Å². The largest absolute Gasteiger partial charge is 0.0629 e. The molecule has 0 unspecified atom stereocenters. The summed E-state index contributed by atoms with van der Waals surface area (Å²) >= 11 is 0. The van der Waals surface area contributed by atoms with Gasteiger partial charge in [-0.15, -0.1) is 0 Å². The molecule has 0 aliphatic carbocycles. The van der Waals surface area contributed by atoms with Crippen molar-refractivity contribution >= 4 is 0 Å². The van der Waals surface area contributed by atoms with Crippen molar-refractivity contribution < 1.29 is 110 Å². The van der Waals surface area contributed by atoms with Crippen LogP contribution in [-0.4, -0.2) is 0 Å². The first-order valence-electron chi connectivity index (χ1n) is 69.0. The second-order valence-electron chi connectivity index (χ2n) is 27.5. The van der Waals surface area contributed by atoms with E-state index in [2.05, 4.69) is 41.5 Å². The van der Waals surface area contributed by atoms with E-state index in [-0.39, 0.29) is 118 Å². The summed E-state index contributed by atoms with van der Waals surface area (Å²) in [5.41, 5.74) is -35.1. The highest BCUT2D eigenvalue weighted by Crippen LogP contribution is 2.39. The van der Waals surface area contributed by atoms with Gasteiger partial charge in [0, 0.05) is 78.1 Å². The van der Waals surface area contributed by atoms with Crippen LogP contribution in [0.15, 0.2) is 139 Å². The fraction of sp³-hybridized carbons (Fsp3) is 0.553. The number of hydrogen-bond donors (Lipinski definition) is 0. The molecule has 7 aromatic carbocycles. The van der Waals surface area contributed by atoms with E-state index >= 15 is 0 Å². The molecular formula is C94H146. The molecule has 0 heterocycles. The van der Waals surface area contributed by atoms with E-state index in [1.54, 1.807) is 20.8 Å². The van der Waals surface area contributed by atoms with E-state index in [9.17, 15) is 0 Å². The Kier molecular flexibility index (Phi) is 8.43. The zero-order valence-electron chi connectivity index (χ0n) is 138. The molecule has 0 saturated carbocycles. The Bertz CT molecular complexity index is 6220. The summed E-state index contributed by atoms with van der Waals surface area (Å²) in [5, 5.41) is 0. The summed E-state index contributed by atoms with van der Waals surface area (Å²) in [6, 6.07) is -10.7. The lowest BCUT2D eigenvalue weighted by Crippen LogP contribution is -2.23. The van der Waals surface area contributed by atoms with Crippen LogP contribution in [0.4, 0.5) is 0 Å².